The van der Waals surface area contributed by atoms with E-state index in [9.17, 15) is 32.8 Å². The fraction of sp³-hybridized carbons (Fsp3) is 0.742. The molecular weight excluding hydrogens is 505 g/mol. The van der Waals surface area contributed by atoms with Gasteiger partial charge in [-0.3, -0.25) is 14.4 Å². The normalized spacial score (nSPS) is 42.5. The molecule has 0 aromatic rings. The van der Waals surface area contributed by atoms with Crippen LogP contribution in [0, 0.1) is 56.7 Å². The van der Waals surface area contributed by atoms with Crippen molar-refractivity contribution in [2.75, 3.05) is 0 Å². The number of hydrogen-bond donors (Lipinski definition) is 1. The molecule has 5 aliphatic rings. The lowest BCUT2D eigenvalue weighted by Gasteiger charge is -2.65. The maximum atomic E-state index is 14.1. The van der Waals surface area contributed by atoms with Gasteiger partial charge >= 0.3 is 12.1 Å². The van der Waals surface area contributed by atoms with E-state index in [0.717, 1.165) is 18.4 Å². The molecular formula is C31H39F3N2O3. The van der Waals surface area contributed by atoms with E-state index in [1.807, 2.05) is 20.8 Å². The molecule has 5 nitrogen and oxygen atoms in total. The summed E-state index contributed by atoms with van der Waals surface area (Å²) in [4.78, 5) is 39.5. The van der Waals surface area contributed by atoms with Gasteiger partial charge in [-0.15, -0.1) is 0 Å². The number of amides is 1. The molecule has 0 spiro atoms. The van der Waals surface area contributed by atoms with Crippen LogP contribution in [0.1, 0.15) is 86.5 Å². The summed E-state index contributed by atoms with van der Waals surface area (Å²) in [5.74, 6) is -3.22. The smallest absolute Gasteiger partial charge is 0.343 e. The molecule has 0 radical (unpaired) electrons. The number of ketones is 2. The first-order chi connectivity index (χ1) is 17.8. The third-order valence-corrected chi connectivity index (χ3v) is 11.7. The number of fused-ring (bicyclic) bond motifs is 7. The zero-order valence-electron chi connectivity index (χ0n) is 23.7. The monoisotopic (exact) mass is 544 g/mol. The van der Waals surface area contributed by atoms with Gasteiger partial charge in [0, 0.05) is 22.3 Å². The first-order valence-electron chi connectivity index (χ1n) is 14.2. The summed E-state index contributed by atoms with van der Waals surface area (Å²) in [5, 5.41) is 12.2. The molecule has 5 aliphatic carbocycles. The van der Waals surface area contributed by atoms with Gasteiger partial charge in [0.2, 0.25) is 0 Å². The van der Waals surface area contributed by atoms with Crippen LogP contribution in [0.2, 0.25) is 0 Å². The second kappa shape index (κ2) is 8.30. The highest BCUT2D eigenvalue weighted by molar-refractivity contribution is 6.04. The van der Waals surface area contributed by atoms with E-state index in [0.29, 0.717) is 32.1 Å². The zero-order chi connectivity index (χ0) is 29.0. The van der Waals surface area contributed by atoms with Crippen LogP contribution >= 0.6 is 0 Å². The summed E-state index contributed by atoms with van der Waals surface area (Å²) >= 11 is 0. The van der Waals surface area contributed by atoms with Gasteiger partial charge in [-0.05, 0) is 79.6 Å². The minimum atomic E-state index is -4.98. The number of hydrogen-bond acceptors (Lipinski definition) is 4. The summed E-state index contributed by atoms with van der Waals surface area (Å²) in [6.07, 6.45) is 2.62. The number of alkyl halides is 3. The fourth-order valence-corrected chi connectivity index (χ4v) is 9.79. The molecule has 0 aliphatic heterocycles. The van der Waals surface area contributed by atoms with Gasteiger partial charge in [0.25, 0.3) is 0 Å². The molecule has 212 valence electrons. The van der Waals surface area contributed by atoms with Crippen LogP contribution in [0.3, 0.4) is 0 Å². The first kappa shape index (κ1) is 28.1. The Hall–Kier alpha value is -2.43. The number of rotatable bonds is 1. The highest BCUT2D eigenvalue weighted by Crippen LogP contribution is 2.69. The Morgan fingerprint density at radius 1 is 1.00 bits per heavy atom. The summed E-state index contributed by atoms with van der Waals surface area (Å²) in [5.41, 5.74) is -1.95. The van der Waals surface area contributed by atoms with Crippen molar-refractivity contribution >= 4 is 17.5 Å². The van der Waals surface area contributed by atoms with Crippen LogP contribution in [0.4, 0.5) is 13.2 Å². The minimum Gasteiger partial charge on any atom is -0.343 e. The van der Waals surface area contributed by atoms with Crippen LogP contribution < -0.4 is 5.32 Å². The second-order valence-corrected chi connectivity index (χ2v) is 14.7. The summed E-state index contributed by atoms with van der Waals surface area (Å²) in [6.45, 7) is 12.2. The fourth-order valence-electron chi connectivity index (χ4n) is 9.79. The number of carbonyl (C=O) groups is 3. The second-order valence-electron chi connectivity index (χ2n) is 14.7. The van der Waals surface area contributed by atoms with Crippen LogP contribution in [0.5, 0.6) is 0 Å². The number of nitriles is 1. The van der Waals surface area contributed by atoms with Crippen molar-refractivity contribution in [1.29, 1.82) is 5.26 Å². The van der Waals surface area contributed by atoms with E-state index in [2.05, 4.69) is 32.2 Å². The number of carbonyl (C=O) groups excluding carboxylic acids is 3. The largest absolute Gasteiger partial charge is 0.471 e. The van der Waals surface area contributed by atoms with Gasteiger partial charge in [-0.2, -0.15) is 18.4 Å². The number of allylic oxidation sites excluding steroid dienone is 4. The number of nitrogens with zero attached hydrogens (tertiary/aromatic N) is 1. The van der Waals surface area contributed by atoms with Crippen molar-refractivity contribution in [3.05, 3.63) is 23.3 Å². The lowest BCUT2D eigenvalue weighted by molar-refractivity contribution is -0.180. The topological polar surface area (TPSA) is 87.0 Å². The van der Waals surface area contributed by atoms with E-state index < -0.39 is 45.7 Å². The molecule has 39 heavy (non-hydrogen) atoms. The Bertz CT molecular complexity index is 1250. The maximum absolute atomic E-state index is 14.1. The molecule has 8 heteroatoms. The highest BCUT2D eigenvalue weighted by Gasteiger charge is 2.66. The molecule has 5 unspecified atom stereocenters. The molecule has 0 aromatic heterocycles. The van der Waals surface area contributed by atoms with Gasteiger partial charge in [0.15, 0.2) is 11.6 Å². The van der Waals surface area contributed by atoms with Gasteiger partial charge < -0.3 is 5.32 Å². The molecule has 0 heterocycles. The summed E-state index contributed by atoms with van der Waals surface area (Å²) in [6, 6.07) is 2.09. The molecule has 3 fully saturated rings. The molecule has 7 atom stereocenters. The van der Waals surface area contributed by atoms with Gasteiger partial charge in [-0.25, -0.2) is 0 Å². The third-order valence-electron chi connectivity index (χ3n) is 11.7. The van der Waals surface area contributed by atoms with Crippen LogP contribution in [0.15, 0.2) is 23.3 Å². The Balaban J connectivity index is 1.62. The minimum absolute atomic E-state index is 0.0688. The van der Waals surface area contributed by atoms with E-state index in [4.69, 9.17) is 0 Å². The van der Waals surface area contributed by atoms with Crippen LogP contribution in [0.25, 0.3) is 0 Å². The van der Waals surface area contributed by atoms with E-state index >= 15 is 0 Å². The maximum Gasteiger partial charge on any atom is 0.471 e. The molecule has 3 saturated carbocycles. The average Bonchev–Trinajstić information content (AvgIpc) is 2.82. The third kappa shape index (κ3) is 3.89. The Morgan fingerprint density at radius 3 is 2.28 bits per heavy atom. The molecule has 0 saturated heterocycles. The standard InChI is InChI=1S/C31H39F3N2O3/c1-26(2)11-12-30(36-25(39)31(32,33)34)10-7-18-23(19(30)15-26)20(37)13-22-28(18,5)9-8-21-27(3,4)24(38)17(16-35)14-29(21,22)6/h13-14,18-19,21,23H,7-12,15H2,1-6H3,(H,36,39)/t18?,19-,21?,23-,28?,29?,30?/m0/s1. The van der Waals surface area contributed by atoms with Crippen molar-refractivity contribution in [3.63, 3.8) is 0 Å². The van der Waals surface area contributed by atoms with Crippen LogP contribution in [-0.4, -0.2) is 29.2 Å². The molecule has 0 bridgehead atoms. The number of halogens is 3. The highest BCUT2D eigenvalue weighted by atomic mass is 19.4. The van der Waals surface area contributed by atoms with Gasteiger partial charge in [0.05, 0.1) is 5.57 Å². The summed E-state index contributed by atoms with van der Waals surface area (Å²) < 4.78 is 40.2. The van der Waals surface area contributed by atoms with E-state index in [1.165, 1.54) is 0 Å². The Kier molecular flexibility index (Phi) is 5.98. The quantitative estimate of drug-likeness (QED) is 0.423. The van der Waals surface area contributed by atoms with Gasteiger partial charge in [-0.1, -0.05) is 53.2 Å². The molecule has 0 aromatic carbocycles. The molecule has 5 rings (SSSR count). The average molecular weight is 545 g/mol. The summed E-state index contributed by atoms with van der Waals surface area (Å²) in [7, 11) is 0. The zero-order valence-corrected chi connectivity index (χ0v) is 23.7. The lowest BCUT2D eigenvalue weighted by atomic mass is 9.39. The van der Waals surface area contributed by atoms with E-state index in [-0.39, 0.29) is 34.4 Å². The number of Topliss-reactive ketones (excluding diaryl/α,β-unsaturated/α-hetero) is 1. The van der Waals surface area contributed by atoms with Crippen molar-refractivity contribution in [1.82, 2.24) is 5.32 Å². The molecule has 1 N–H and O–H groups in total. The van der Waals surface area contributed by atoms with Crippen molar-refractivity contribution in [2.45, 2.75) is 98.2 Å². The van der Waals surface area contributed by atoms with E-state index in [1.54, 1.807) is 12.2 Å². The Labute approximate surface area is 228 Å². The lowest BCUT2D eigenvalue weighted by Crippen LogP contribution is -2.67. The molecule has 1 amide bonds. The van der Waals surface area contributed by atoms with Crippen molar-refractivity contribution < 1.29 is 27.6 Å². The SMILES string of the molecule is CC1(C)CCC2(NC(=O)C(F)(F)F)CCC3[C@H](C(=O)C=C4C5(C)C=C(C#N)C(=O)C(C)(C)C5CCC43C)[C@@H]2C1. The predicted octanol–water partition coefficient (Wildman–Crippen LogP) is 6.25. The van der Waals surface area contributed by atoms with Crippen molar-refractivity contribution in [2.24, 2.45) is 45.3 Å². The van der Waals surface area contributed by atoms with Gasteiger partial charge in [0.1, 0.15) is 6.07 Å². The Morgan fingerprint density at radius 2 is 1.67 bits per heavy atom. The van der Waals surface area contributed by atoms with Crippen molar-refractivity contribution in [3.8, 4) is 6.07 Å². The van der Waals surface area contributed by atoms with Crippen LogP contribution in [-0.2, 0) is 14.4 Å². The first-order valence-corrected chi connectivity index (χ1v) is 14.2. The predicted molar refractivity (Wildman–Crippen MR) is 139 cm³/mol. The number of nitrogens with one attached hydrogen (secondary N) is 1.